The largest absolute Gasteiger partial charge is 0.352 e. The molecule has 0 heterocycles. The Morgan fingerprint density at radius 2 is 2.12 bits per heavy atom. The predicted octanol–water partition coefficient (Wildman–Crippen LogP) is 1.42. The Bertz CT molecular complexity index is 335. The van der Waals surface area contributed by atoms with Crippen LogP contribution in [0.2, 0.25) is 0 Å². The molecular formula is C13H18N2O. The van der Waals surface area contributed by atoms with Gasteiger partial charge in [0, 0.05) is 6.54 Å². The van der Waals surface area contributed by atoms with Gasteiger partial charge in [0.1, 0.15) is 0 Å². The lowest BCUT2D eigenvalue weighted by Gasteiger charge is -2.15. The van der Waals surface area contributed by atoms with Gasteiger partial charge in [-0.2, -0.15) is 0 Å². The van der Waals surface area contributed by atoms with E-state index in [2.05, 4.69) is 11.9 Å². The van der Waals surface area contributed by atoms with Crippen molar-refractivity contribution in [1.82, 2.24) is 5.32 Å². The van der Waals surface area contributed by atoms with Crippen molar-refractivity contribution in [3.63, 3.8) is 0 Å². The van der Waals surface area contributed by atoms with E-state index in [4.69, 9.17) is 5.73 Å². The van der Waals surface area contributed by atoms with E-state index in [-0.39, 0.29) is 11.8 Å². The lowest BCUT2D eigenvalue weighted by molar-refractivity contribution is -0.122. The zero-order valence-corrected chi connectivity index (χ0v) is 9.36. The van der Waals surface area contributed by atoms with Gasteiger partial charge in [-0.3, -0.25) is 4.79 Å². The van der Waals surface area contributed by atoms with E-state index in [1.54, 1.807) is 6.08 Å². The third-order valence-electron chi connectivity index (χ3n) is 2.39. The van der Waals surface area contributed by atoms with Gasteiger partial charge < -0.3 is 11.1 Å². The van der Waals surface area contributed by atoms with E-state index < -0.39 is 0 Å². The molecule has 16 heavy (non-hydrogen) atoms. The van der Waals surface area contributed by atoms with Gasteiger partial charge in [0.05, 0.1) is 5.92 Å². The van der Waals surface area contributed by atoms with Gasteiger partial charge >= 0.3 is 0 Å². The lowest BCUT2D eigenvalue weighted by Crippen LogP contribution is -2.30. The van der Waals surface area contributed by atoms with E-state index in [1.807, 2.05) is 30.3 Å². The fourth-order valence-electron chi connectivity index (χ4n) is 1.60. The first kappa shape index (κ1) is 12.5. The van der Waals surface area contributed by atoms with Gasteiger partial charge in [0.25, 0.3) is 0 Å². The van der Waals surface area contributed by atoms with Gasteiger partial charge in [0.2, 0.25) is 5.91 Å². The summed E-state index contributed by atoms with van der Waals surface area (Å²) >= 11 is 0. The average molecular weight is 218 g/mol. The summed E-state index contributed by atoms with van der Waals surface area (Å²) in [6, 6.07) is 9.70. The Morgan fingerprint density at radius 3 is 2.69 bits per heavy atom. The number of amides is 1. The van der Waals surface area contributed by atoms with E-state index in [9.17, 15) is 4.79 Å². The standard InChI is InChI=1S/C13H18N2O/c1-2-10-15-13(16)12(8-9-14)11-6-4-3-5-7-11/h2-7,12H,1,8-10,14H2,(H,15,16). The summed E-state index contributed by atoms with van der Waals surface area (Å²) in [6.45, 7) is 4.57. The van der Waals surface area contributed by atoms with Gasteiger partial charge in [-0.15, -0.1) is 6.58 Å². The van der Waals surface area contributed by atoms with Gasteiger partial charge in [-0.05, 0) is 18.5 Å². The fourth-order valence-corrected chi connectivity index (χ4v) is 1.60. The minimum atomic E-state index is -0.161. The van der Waals surface area contributed by atoms with Crippen molar-refractivity contribution in [2.24, 2.45) is 5.73 Å². The van der Waals surface area contributed by atoms with E-state index in [1.165, 1.54) is 0 Å². The third kappa shape index (κ3) is 3.51. The molecule has 1 atom stereocenters. The van der Waals surface area contributed by atoms with E-state index in [0.29, 0.717) is 19.5 Å². The van der Waals surface area contributed by atoms with Gasteiger partial charge in [0.15, 0.2) is 0 Å². The summed E-state index contributed by atoms with van der Waals surface area (Å²) in [7, 11) is 0. The molecule has 0 spiro atoms. The SMILES string of the molecule is C=CCNC(=O)C(CCN)c1ccccc1. The molecule has 0 aliphatic rings. The Kier molecular flexibility index (Phi) is 5.29. The van der Waals surface area contributed by atoms with Crippen molar-refractivity contribution in [3.05, 3.63) is 48.6 Å². The summed E-state index contributed by atoms with van der Waals surface area (Å²) in [5.41, 5.74) is 6.54. The average Bonchev–Trinajstić information content (AvgIpc) is 2.34. The van der Waals surface area contributed by atoms with Crippen LogP contribution in [0.4, 0.5) is 0 Å². The molecule has 0 saturated heterocycles. The Hall–Kier alpha value is -1.61. The molecule has 1 rings (SSSR count). The lowest BCUT2D eigenvalue weighted by atomic mass is 9.95. The van der Waals surface area contributed by atoms with Crippen LogP contribution in [0.25, 0.3) is 0 Å². The van der Waals surface area contributed by atoms with Crippen molar-refractivity contribution in [2.45, 2.75) is 12.3 Å². The predicted molar refractivity (Wildman–Crippen MR) is 66.1 cm³/mol. The quantitative estimate of drug-likeness (QED) is 0.709. The normalized spacial score (nSPS) is 11.8. The summed E-state index contributed by atoms with van der Waals surface area (Å²) < 4.78 is 0. The number of nitrogens with two attached hydrogens (primary N) is 1. The number of benzene rings is 1. The zero-order chi connectivity index (χ0) is 11.8. The second-order valence-electron chi connectivity index (χ2n) is 3.57. The minimum absolute atomic E-state index is 0.0107. The molecule has 1 unspecified atom stereocenters. The number of carbonyl (C=O) groups excluding carboxylic acids is 1. The first-order valence-electron chi connectivity index (χ1n) is 5.43. The van der Waals surface area contributed by atoms with Crippen LogP contribution in [0.15, 0.2) is 43.0 Å². The van der Waals surface area contributed by atoms with Crippen LogP contribution in [-0.2, 0) is 4.79 Å². The highest BCUT2D eigenvalue weighted by atomic mass is 16.1. The molecule has 3 heteroatoms. The molecule has 1 aromatic carbocycles. The first-order valence-corrected chi connectivity index (χ1v) is 5.43. The molecule has 3 nitrogen and oxygen atoms in total. The monoisotopic (exact) mass is 218 g/mol. The summed E-state index contributed by atoms with van der Waals surface area (Å²) in [5.74, 6) is -0.150. The summed E-state index contributed by atoms with van der Waals surface area (Å²) in [4.78, 5) is 11.9. The highest BCUT2D eigenvalue weighted by Gasteiger charge is 2.18. The van der Waals surface area contributed by atoms with Crippen LogP contribution in [0.3, 0.4) is 0 Å². The molecule has 86 valence electrons. The molecule has 0 aromatic heterocycles. The number of carbonyl (C=O) groups is 1. The maximum atomic E-state index is 11.9. The van der Waals surface area contributed by atoms with Crippen LogP contribution < -0.4 is 11.1 Å². The molecule has 1 amide bonds. The molecule has 0 bridgehead atoms. The van der Waals surface area contributed by atoms with Crippen LogP contribution in [-0.4, -0.2) is 19.0 Å². The van der Waals surface area contributed by atoms with E-state index >= 15 is 0 Å². The second kappa shape index (κ2) is 6.80. The minimum Gasteiger partial charge on any atom is -0.352 e. The highest BCUT2D eigenvalue weighted by Crippen LogP contribution is 2.18. The molecule has 0 fully saturated rings. The van der Waals surface area contributed by atoms with Crippen LogP contribution in [0.1, 0.15) is 17.9 Å². The van der Waals surface area contributed by atoms with Crippen molar-refractivity contribution in [1.29, 1.82) is 0 Å². The summed E-state index contributed by atoms with van der Waals surface area (Å²) in [5, 5.41) is 2.80. The first-order chi connectivity index (χ1) is 7.79. The molecule has 1 aromatic rings. The van der Waals surface area contributed by atoms with Gasteiger partial charge in [-0.25, -0.2) is 0 Å². The maximum Gasteiger partial charge on any atom is 0.227 e. The number of hydrogen-bond donors (Lipinski definition) is 2. The topological polar surface area (TPSA) is 55.1 Å². The van der Waals surface area contributed by atoms with Crippen molar-refractivity contribution < 1.29 is 4.79 Å². The molecule has 0 saturated carbocycles. The highest BCUT2D eigenvalue weighted by molar-refractivity contribution is 5.83. The van der Waals surface area contributed by atoms with Crippen LogP contribution in [0, 0.1) is 0 Å². The Balaban J connectivity index is 2.74. The number of rotatable bonds is 6. The molecule has 0 radical (unpaired) electrons. The molecular weight excluding hydrogens is 200 g/mol. The smallest absolute Gasteiger partial charge is 0.227 e. The molecule has 3 N–H and O–H groups in total. The van der Waals surface area contributed by atoms with Crippen molar-refractivity contribution >= 4 is 5.91 Å². The number of nitrogens with one attached hydrogen (secondary N) is 1. The Labute approximate surface area is 96.3 Å². The molecule has 0 aliphatic heterocycles. The summed E-state index contributed by atoms with van der Waals surface area (Å²) in [6.07, 6.45) is 2.33. The van der Waals surface area contributed by atoms with E-state index in [0.717, 1.165) is 5.56 Å². The fraction of sp³-hybridized carbons (Fsp3) is 0.308. The van der Waals surface area contributed by atoms with Crippen LogP contribution in [0.5, 0.6) is 0 Å². The zero-order valence-electron chi connectivity index (χ0n) is 9.36. The Morgan fingerprint density at radius 1 is 1.44 bits per heavy atom. The maximum absolute atomic E-state index is 11.9. The number of hydrogen-bond acceptors (Lipinski definition) is 2. The van der Waals surface area contributed by atoms with Crippen molar-refractivity contribution in [3.8, 4) is 0 Å². The third-order valence-corrected chi connectivity index (χ3v) is 2.39. The molecule has 0 aliphatic carbocycles. The second-order valence-corrected chi connectivity index (χ2v) is 3.57. The van der Waals surface area contributed by atoms with Crippen LogP contribution >= 0.6 is 0 Å². The van der Waals surface area contributed by atoms with Gasteiger partial charge in [-0.1, -0.05) is 36.4 Å². The van der Waals surface area contributed by atoms with Crippen molar-refractivity contribution in [2.75, 3.05) is 13.1 Å².